The van der Waals surface area contributed by atoms with Gasteiger partial charge in [0.1, 0.15) is 35.5 Å². The molecular weight excluding hydrogens is 276 g/mol. The smallest absolute Gasteiger partial charge is 0.129 e. The Balaban J connectivity index is 1.99. The van der Waals surface area contributed by atoms with Crippen LogP contribution in [0.5, 0.6) is 5.75 Å². The van der Waals surface area contributed by atoms with Crippen LogP contribution < -0.4 is 10.1 Å². The van der Waals surface area contributed by atoms with Crippen LogP contribution in [0.3, 0.4) is 0 Å². The Morgan fingerprint density at radius 1 is 1.14 bits per heavy atom. The Bertz CT molecular complexity index is 588. The van der Waals surface area contributed by atoms with Crippen molar-refractivity contribution in [2.75, 3.05) is 0 Å². The zero-order valence-electron chi connectivity index (χ0n) is 12.4. The third-order valence-electron chi connectivity index (χ3n) is 2.99. The second kappa shape index (κ2) is 6.72. The van der Waals surface area contributed by atoms with Crippen molar-refractivity contribution in [3.8, 4) is 5.75 Å². The quantitative estimate of drug-likeness (QED) is 0.876. The fourth-order valence-electron chi connectivity index (χ4n) is 1.90. The van der Waals surface area contributed by atoms with Crippen LogP contribution in [0.4, 0.5) is 8.78 Å². The molecule has 0 atom stereocenters. The fourth-order valence-corrected chi connectivity index (χ4v) is 1.90. The lowest BCUT2D eigenvalue weighted by atomic mass is 10.2. The lowest BCUT2D eigenvalue weighted by molar-refractivity contribution is 0.299. The normalized spacial score (nSPS) is 11.1. The minimum Gasteiger partial charge on any atom is -0.489 e. The molecule has 1 N–H and O–H groups in total. The van der Waals surface area contributed by atoms with Gasteiger partial charge in [-0.15, -0.1) is 0 Å². The summed E-state index contributed by atoms with van der Waals surface area (Å²) < 4.78 is 37.2. The molecule has 2 rings (SSSR count). The highest BCUT2D eigenvalue weighted by atomic mass is 19.1. The predicted molar refractivity (Wildman–Crippen MR) is 76.1 cm³/mol. The number of hydrogen-bond acceptors (Lipinski definition) is 3. The van der Waals surface area contributed by atoms with Crippen LogP contribution in [0.2, 0.25) is 0 Å². The van der Waals surface area contributed by atoms with E-state index in [0.717, 1.165) is 35.3 Å². The van der Waals surface area contributed by atoms with Crippen molar-refractivity contribution in [1.29, 1.82) is 0 Å². The first-order valence-corrected chi connectivity index (χ1v) is 6.84. The average Bonchev–Trinajstić information content (AvgIpc) is 2.73. The van der Waals surface area contributed by atoms with E-state index in [0.29, 0.717) is 12.6 Å². The van der Waals surface area contributed by atoms with Crippen molar-refractivity contribution < 1.29 is 17.9 Å². The van der Waals surface area contributed by atoms with Crippen LogP contribution >= 0.6 is 0 Å². The molecule has 0 radical (unpaired) electrons. The number of halogens is 2. The van der Waals surface area contributed by atoms with Crippen LogP contribution in [0.15, 0.2) is 28.7 Å². The first kappa shape index (κ1) is 15.5. The summed E-state index contributed by atoms with van der Waals surface area (Å²) in [5, 5.41) is 3.26. The van der Waals surface area contributed by atoms with Crippen LogP contribution in [-0.4, -0.2) is 6.04 Å². The van der Waals surface area contributed by atoms with Gasteiger partial charge in [0, 0.05) is 29.8 Å². The number of ether oxygens (including phenoxy) is 1. The first-order chi connectivity index (χ1) is 9.94. The van der Waals surface area contributed by atoms with Crippen LogP contribution in [0.25, 0.3) is 0 Å². The Morgan fingerprint density at radius 3 is 2.43 bits per heavy atom. The molecule has 1 aromatic carbocycles. The second-order valence-electron chi connectivity index (χ2n) is 5.22. The Hall–Kier alpha value is -1.88. The highest BCUT2D eigenvalue weighted by Crippen LogP contribution is 2.20. The number of nitrogens with one attached hydrogen (secondary N) is 1. The van der Waals surface area contributed by atoms with E-state index in [-0.39, 0.29) is 12.4 Å². The van der Waals surface area contributed by atoms with Gasteiger partial charge in [-0.3, -0.25) is 0 Å². The molecule has 0 saturated heterocycles. The van der Waals surface area contributed by atoms with E-state index in [1.165, 1.54) is 0 Å². The van der Waals surface area contributed by atoms with E-state index in [1.54, 1.807) is 0 Å². The van der Waals surface area contributed by atoms with Gasteiger partial charge in [-0.25, -0.2) is 8.78 Å². The van der Waals surface area contributed by atoms with Gasteiger partial charge in [-0.2, -0.15) is 0 Å². The van der Waals surface area contributed by atoms with Gasteiger partial charge in [-0.1, -0.05) is 13.8 Å². The predicted octanol–water partition coefficient (Wildman–Crippen LogP) is 3.94. The van der Waals surface area contributed by atoms with Gasteiger partial charge in [-0.05, 0) is 13.0 Å². The fraction of sp³-hybridized carbons (Fsp3) is 0.375. The van der Waals surface area contributed by atoms with E-state index in [4.69, 9.17) is 9.15 Å². The third kappa shape index (κ3) is 4.56. The molecule has 0 saturated carbocycles. The Labute approximate surface area is 122 Å². The van der Waals surface area contributed by atoms with Gasteiger partial charge in [0.15, 0.2) is 0 Å². The van der Waals surface area contributed by atoms with Gasteiger partial charge in [0.05, 0.1) is 6.54 Å². The Kier molecular flexibility index (Phi) is 4.96. The summed E-state index contributed by atoms with van der Waals surface area (Å²) in [5.41, 5.74) is 0.861. The van der Waals surface area contributed by atoms with Gasteiger partial charge in [0.2, 0.25) is 0 Å². The van der Waals surface area contributed by atoms with Crippen molar-refractivity contribution in [3.05, 3.63) is 53.0 Å². The summed E-state index contributed by atoms with van der Waals surface area (Å²) in [4.78, 5) is 0. The van der Waals surface area contributed by atoms with E-state index < -0.39 is 11.6 Å². The lowest BCUT2D eigenvalue weighted by Crippen LogP contribution is -2.21. The summed E-state index contributed by atoms with van der Waals surface area (Å²) in [6.45, 7) is 6.79. The molecule has 21 heavy (non-hydrogen) atoms. The van der Waals surface area contributed by atoms with E-state index in [2.05, 4.69) is 19.2 Å². The van der Waals surface area contributed by atoms with E-state index in [9.17, 15) is 8.78 Å². The maximum absolute atomic E-state index is 13.1. The average molecular weight is 295 g/mol. The van der Waals surface area contributed by atoms with Gasteiger partial charge < -0.3 is 14.5 Å². The summed E-state index contributed by atoms with van der Waals surface area (Å²) in [5.74, 6) is 0.402. The lowest BCUT2D eigenvalue weighted by Gasteiger charge is -2.05. The monoisotopic (exact) mass is 295 g/mol. The maximum Gasteiger partial charge on any atom is 0.129 e. The standard InChI is InChI=1S/C16H19F2NO2/c1-10(2)19-8-16-4-12(11(3)21-16)9-20-15-6-13(17)5-14(18)7-15/h4-7,10,19H,8-9H2,1-3H3. The maximum atomic E-state index is 13.1. The zero-order chi connectivity index (χ0) is 15.4. The zero-order valence-corrected chi connectivity index (χ0v) is 12.4. The summed E-state index contributed by atoms with van der Waals surface area (Å²) >= 11 is 0. The number of hydrogen-bond donors (Lipinski definition) is 1. The molecule has 0 fully saturated rings. The van der Waals surface area contributed by atoms with Crippen LogP contribution in [0.1, 0.15) is 30.9 Å². The van der Waals surface area contributed by atoms with Crippen LogP contribution in [0, 0.1) is 18.6 Å². The highest BCUT2D eigenvalue weighted by Gasteiger charge is 2.09. The van der Waals surface area contributed by atoms with Gasteiger partial charge >= 0.3 is 0 Å². The molecule has 114 valence electrons. The minimum absolute atomic E-state index is 0.162. The largest absolute Gasteiger partial charge is 0.489 e. The van der Waals surface area contributed by atoms with Crippen molar-refractivity contribution in [2.24, 2.45) is 0 Å². The number of rotatable bonds is 6. The van der Waals surface area contributed by atoms with Crippen molar-refractivity contribution >= 4 is 0 Å². The molecule has 2 aromatic rings. The highest BCUT2D eigenvalue weighted by molar-refractivity contribution is 5.25. The molecule has 5 heteroatoms. The van der Waals surface area contributed by atoms with Gasteiger partial charge in [0.25, 0.3) is 0 Å². The number of benzene rings is 1. The molecule has 0 bridgehead atoms. The molecule has 0 aliphatic carbocycles. The van der Waals surface area contributed by atoms with E-state index >= 15 is 0 Å². The van der Waals surface area contributed by atoms with E-state index in [1.807, 2.05) is 13.0 Å². The molecule has 3 nitrogen and oxygen atoms in total. The molecule has 0 aliphatic rings. The SMILES string of the molecule is Cc1oc(CNC(C)C)cc1COc1cc(F)cc(F)c1. The van der Waals surface area contributed by atoms with Crippen molar-refractivity contribution in [3.63, 3.8) is 0 Å². The summed E-state index contributed by atoms with van der Waals surface area (Å²) in [6, 6.07) is 5.37. The molecular formula is C16H19F2NO2. The molecule has 0 spiro atoms. The van der Waals surface area contributed by atoms with Crippen molar-refractivity contribution in [1.82, 2.24) is 5.32 Å². The second-order valence-corrected chi connectivity index (χ2v) is 5.22. The molecule has 0 unspecified atom stereocenters. The number of furan rings is 1. The topological polar surface area (TPSA) is 34.4 Å². The first-order valence-electron chi connectivity index (χ1n) is 6.84. The number of aryl methyl sites for hydroxylation is 1. The van der Waals surface area contributed by atoms with Crippen LogP contribution in [-0.2, 0) is 13.2 Å². The van der Waals surface area contributed by atoms with Crippen molar-refractivity contribution in [2.45, 2.75) is 40.0 Å². The minimum atomic E-state index is -0.657. The molecule has 1 heterocycles. The summed E-state index contributed by atoms with van der Waals surface area (Å²) in [7, 11) is 0. The molecule has 0 aliphatic heterocycles. The Morgan fingerprint density at radius 2 is 1.81 bits per heavy atom. The molecule has 1 aromatic heterocycles. The third-order valence-corrected chi connectivity index (χ3v) is 2.99. The molecule has 0 amide bonds. The summed E-state index contributed by atoms with van der Waals surface area (Å²) in [6.07, 6.45) is 0.